The van der Waals surface area contributed by atoms with E-state index in [2.05, 4.69) is 0 Å². The van der Waals surface area contributed by atoms with Gasteiger partial charge in [0.2, 0.25) is 0 Å². The van der Waals surface area contributed by atoms with Crippen LogP contribution in [0, 0.1) is 0 Å². The Morgan fingerprint density at radius 1 is 1.57 bits per heavy atom. The third kappa shape index (κ3) is 2.35. The molecule has 0 fully saturated rings. The van der Waals surface area contributed by atoms with Gasteiger partial charge in [-0.25, -0.2) is 0 Å². The van der Waals surface area contributed by atoms with E-state index >= 15 is 0 Å². The van der Waals surface area contributed by atoms with E-state index in [-0.39, 0.29) is 18.9 Å². The molecule has 0 saturated carbocycles. The molecule has 0 aliphatic heterocycles. The zero-order valence-corrected chi connectivity index (χ0v) is 5.68. The van der Waals surface area contributed by atoms with Gasteiger partial charge in [0.25, 0.3) is 0 Å². The molecule has 0 spiro atoms. The van der Waals surface area contributed by atoms with Gasteiger partial charge in [-0.1, -0.05) is 6.07 Å². The first-order valence-electron chi connectivity index (χ1n) is 1.59. The van der Waals surface area contributed by atoms with Crippen molar-refractivity contribution in [3.63, 3.8) is 0 Å². The largest absolute Gasteiger partial charge is 1.00 e. The van der Waals surface area contributed by atoms with Gasteiger partial charge in [-0.15, -0.1) is 0 Å². The van der Waals surface area contributed by atoms with Crippen LogP contribution in [0.3, 0.4) is 0 Å². The van der Waals surface area contributed by atoms with E-state index < -0.39 is 0 Å². The molecule has 0 radical (unpaired) electrons. The Bertz CT molecular complexity index is 113. The van der Waals surface area contributed by atoms with E-state index in [0.29, 0.717) is 0 Å². The van der Waals surface area contributed by atoms with E-state index in [9.17, 15) is 0 Å². The molecular formula is C4H3LiS2. The van der Waals surface area contributed by atoms with Crippen LogP contribution in [-0.4, -0.2) is 0 Å². The fourth-order valence-electron chi connectivity index (χ4n) is 0.252. The van der Waals surface area contributed by atoms with Gasteiger partial charge in [-0.3, -0.25) is 0 Å². The molecule has 0 aromatic carbocycles. The Labute approximate surface area is 64.5 Å². The van der Waals surface area contributed by atoms with Crippen molar-refractivity contribution in [2.24, 2.45) is 0 Å². The van der Waals surface area contributed by atoms with E-state index in [0.717, 1.165) is 4.90 Å². The van der Waals surface area contributed by atoms with E-state index in [1.165, 1.54) is 0 Å². The monoisotopic (exact) mass is 122 g/mol. The molecule has 0 unspecified atom stereocenters. The van der Waals surface area contributed by atoms with Crippen molar-refractivity contribution >= 4 is 24.0 Å². The fourth-order valence-corrected chi connectivity index (χ4v) is 1.09. The summed E-state index contributed by atoms with van der Waals surface area (Å²) >= 11 is 6.39. The molecule has 7 heavy (non-hydrogen) atoms. The molecular weight excluding hydrogens is 119 g/mol. The van der Waals surface area contributed by atoms with Crippen LogP contribution >= 0.6 is 11.3 Å². The van der Waals surface area contributed by atoms with Gasteiger partial charge in [0, 0.05) is 0 Å². The number of hydrogen-bond acceptors (Lipinski definition) is 2. The Morgan fingerprint density at radius 2 is 2.29 bits per heavy atom. The first-order valence-corrected chi connectivity index (χ1v) is 2.94. The summed E-state index contributed by atoms with van der Waals surface area (Å²) < 4.78 is 0. The van der Waals surface area contributed by atoms with E-state index in [1.807, 2.05) is 16.8 Å². The smallest absolute Gasteiger partial charge is 0.779 e. The summed E-state index contributed by atoms with van der Waals surface area (Å²) in [4.78, 5) is 0.944. The average molecular weight is 122 g/mol. The fraction of sp³-hybridized carbons (Fsp3) is 0. The summed E-state index contributed by atoms with van der Waals surface area (Å²) in [5.41, 5.74) is 0. The first-order chi connectivity index (χ1) is 2.89. The molecule has 3 heteroatoms. The Morgan fingerprint density at radius 3 is 2.43 bits per heavy atom. The third-order valence-electron chi connectivity index (χ3n) is 0.495. The molecule has 0 bridgehead atoms. The molecule has 0 aliphatic carbocycles. The van der Waals surface area contributed by atoms with Crippen LogP contribution in [0.15, 0.2) is 21.7 Å². The van der Waals surface area contributed by atoms with Crippen LogP contribution < -0.4 is 18.9 Å². The first kappa shape index (κ1) is 7.52. The minimum absolute atomic E-state index is 0. The number of rotatable bonds is 0. The molecule has 0 N–H and O–H groups in total. The van der Waals surface area contributed by atoms with E-state index in [4.69, 9.17) is 12.6 Å². The Hall–Kier alpha value is 0.517. The van der Waals surface area contributed by atoms with E-state index in [1.54, 1.807) is 11.3 Å². The van der Waals surface area contributed by atoms with Gasteiger partial charge in [-0.05, 0) is 10.8 Å². The normalized spacial score (nSPS) is 7.43. The van der Waals surface area contributed by atoms with Crippen molar-refractivity contribution in [2.45, 2.75) is 4.90 Å². The summed E-state index contributed by atoms with van der Waals surface area (Å²) in [5.74, 6) is 0. The minimum Gasteiger partial charge on any atom is -0.779 e. The van der Waals surface area contributed by atoms with Gasteiger partial charge >= 0.3 is 18.9 Å². The van der Waals surface area contributed by atoms with Crippen LogP contribution in [0.2, 0.25) is 0 Å². The second-order valence-electron chi connectivity index (χ2n) is 0.959. The van der Waals surface area contributed by atoms with Gasteiger partial charge in [-0.2, -0.15) is 16.2 Å². The van der Waals surface area contributed by atoms with Crippen molar-refractivity contribution in [3.05, 3.63) is 16.8 Å². The molecule has 0 aliphatic rings. The molecule has 32 valence electrons. The van der Waals surface area contributed by atoms with Gasteiger partial charge in [0.1, 0.15) is 0 Å². The van der Waals surface area contributed by atoms with Gasteiger partial charge < -0.3 is 12.6 Å². The predicted molar refractivity (Wildman–Crippen MR) is 29.9 cm³/mol. The van der Waals surface area contributed by atoms with Crippen LogP contribution in [0.1, 0.15) is 0 Å². The molecule has 1 heterocycles. The summed E-state index contributed by atoms with van der Waals surface area (Å²) in [7, 11) is 0. The molecule has 1 rings (SSSR count). The maximum absolute atomic E-state index is 4.76. The minimum atomic E-state index is 0. The maximum atomic E-state index is 4.76. The summed E-state index contributed by atoms with van der Waals surface area (Å²) in [6.07, 6.45) is 0. The molecule has 0 amide bonds. The van der Waals surface area contributed by atoms with Crippen molar-refractivity contribution in [3.8, 4) is 0 Å². The second-order valence-corrected chi connectivity index (χ2v) is 2.21. The predicted octanol–water partition coefficient (Wildman–Crippen LogP) is -1.34. The van der Waals surface area contributed by atoms with Gasteiger partial charge in [0.05, 0.1) is 0 Å². The van der Waals surface area contributed by atoms with Crippen LogP contribution in [-0.2, 0) is 12.6 Å². The second kappa shape index (κ2) is 3.51. The molecule has 0 atom stereocenters. The van der Waals surface area contributed by atoms with Crippen molar-refractivity contribution in [1.82, 2.24) is 0 Å². The number of thiophene rings is 1. The SMILES string of the molecule is [Li+].[S-]c1ccsc1. The summed E-state index contributed by atoms with van der Waals surface area (Å²) in [6, 6.07) is 1.92. The van der Waals surface area contributed by atoms with Crippen LogP contribution in [0.5, 0.6) is 0 Å². The Kier molecular flexibility index (Phi) is 3.77. The standard InChI is InChI=1S/C4H4S2.Li/c5-4-1-2-6-3-4;/h1-3,5H;/q;+1/p-1. The summed E-state index contributed by atoms with van der Waals surface area (Å²) in [6.45, 7) is 0. The molecule has 0 nitrogen and oxygen atoms in total. The molecule has 1 aromatic heterocycles. The summed E-state index contributed by atoms with van der Waals surface area (Å²) in [5, 5.41) is 3.91. The zero-order valence-electron chi connectivity index (χ0n) is 4.05. The van der Waals surface area contributed by atoms with Crippen molar-refractivity contribution < 1.29 is 18.9 Å². The molecule has 1 aromatic rings. The van der Waals surface area contributed by atoms with Crippen molar-refractivity contribution in [2.75, 3.05) is 0 Å². The topological polar surface area (TPSA) is 0 Å². The average Bonchev–Trinajstić information content (AvgIpc) is 1.86. The zero-order chi connectivity index (χ0) is 4.41. The Balaban J connectivity index is 0.000000360. The van der Waals surface area contributed by atoms with Crippen molar-refractivity contribution in [1.29, 1.82) is 0 Å². The third-order valence-corrected chi connectivity index (χ3v) is 1.58. The number of hydrogen-bond donors (Lipinski definition) is 0. The van der Waals surface area contributed by atoms with Gasteiger partial charge in [0.15, 0.2) is 0 Å². The quantitative estimate of drug-likeness (QED) is 0.303. The molecule has 0 saturated heterocycles. The maximum Gasteiger partial charge on any atom is 1.00 e. The van der Waals surface area contributed by atoms with Crippen LogP contribution in [0.25, 0.3) is 0 Å². The van der Waals surface area contributed by atoms with Crippen LogP contribution in [0.4, 0.5) is 0 Å².